The van der Waals surface area contributed by atoms with Gasteiger partial charge in [0.25, 0.3) is 0 Å². The van der Waals surface area contributed by atoms with Crippen LogP contribution in [0.5, 0.6) is 0 Å². The minimum Gasteiger partial charge on any atom is -0.323 e. The summed E-state index contributed by atoms with van der Waals surface area (Å²) in [6, 6.07) is 14.2. The first-order valence-electron chi connectivity index (χ1n) is 6.22. The van der Waals surface area contributed by atoms with Crippen molar-refractivity contribution in [3.05, 3.63) is 52.2 Å². The number of nitrogens with one attached hydrogen (secondary N) is 2. The molecule has 20 heavy (non-hydrogen) atoms. The number of anilines is 2. The second-order valence-electron chi connectivity index (χ2n) is 4.26. The second-order valence-corrected chi connectivity index (χ2v) is 6.59. The maximum absolute atomic E-state index is 4.42. The number of aromatic amines is 1. The molecule has 3 rings (SSSR count). The Morgan fingerprint density at radius 1 is 1.20 bits per heavy atom. The molecule has 0 amide bonds. The van der Waals surface area contributed by atoms with E-state index in [0.717, 1.165) is 16.6 Å². The topological polar surface area (TPSA) is 53.6 Å². The summed E-state index contributed by atoms with van der Waals surface area (Å²) in [7, 11) is 0. The first kappa shape index (κ1) is 13.2. The Morgan fingerprint density at radius 2 is 2.05 bits per heavy atom. The van der Waals surface area contributed by atoms with Gasteiger partial charge in [-0.2, -0.15) is 4.98 Å². The lowest BCUT2D eigenvalue weighted by Gasteiger charge is -1.99. The van der Waals surface area contributed by atoms with Gasteiger partial charge in [0.15, 0.2) is 5.16 Å². The van der Waals surface area contributed by atoms with Crippen molar-refractivity contribution in [1.82, 2.24) is 15.2 Å². The van der Waals surface area contributed by atoms with Crippen molar-refractivity contribution in [1.29, 1.82) is 0 Å². The zero-order valence-corrected chi connectivity index (χ0v) is 12.6. The lowest BCUT2D eigenvalue weighted by Crippen LogP contribution is -1.91. The zero-order valence-electron chi connectivity index (χ0n) is 11.0. The lowest BCUT2D eigenvalue weighted by atomic mass is 10.3. The van der Waals surface area contributed by atoms with Gasteiger partial charge in [-0.1, -0.05) is 30.0 Å². The van der Waals surface area contributed by atoms with Crippen molar-refractivity contribution in [2.75, 3.05) is 5.32 Å². The summed E-state index contributed by atoms with van der Waals surface area (Å²) in [6.07, 6.45) is 0. The number of hydrogen-bond donors (Lipinski definition) is 2. The molecule has 2 N–H and O–H groups in total. The van der Waals surface area contributed by atoms with E-state index in [1.165, 1.54) is 9.75 Å². The van der Waals surface area contributed by atoms with Crippen molar-refractivity contribution in [2.24, 2.45) is 0 Å². The molecular weight excluding hydrogens is 288 g/mol. The second kappa shape index (κ2) is 6.11. The molecule has 0 fully saturated rings. The van der Waals surface area contributed by atoms with Crippen molar-refractivity contribution >= 4 is 34.7 Å². The van der Waals surface area contributed by atoms with Crippen LogP contribution in [0.15, 0.2) is 47.6 Å². The largest absolute Gasteiger partial charge is 0.323 e. The number of rotatable bonds is 5. The first-order valence-corrected chi connectivity index (χ1v) is 8.02. The van der Waals surface area contributed by atoms with Crippen LogP contribution in [0, 0.1) is 6.92 Å². The number of thioether (sulfide) groups is 1. The molecule has 0 aliphatic carbocycles. The molecule has 2 heterocycles. The van der Waals surface area contributed by atoms with Gasteiger partial charge >= 0.3 is 0 Å². The molecule has 0 unspecified atom stereocenters. The predicted octanol–water partition coefficient (Wildman–Crippen LogP) is 4.21. The van der Waals surface area contributed by atoms with Gasteiger partial charge in [-0.3, -0.25) is 5.10 Å². The smallest absolute Gasteiger partial charge is 0.247 e. The highest BCUT2D eigenvalue weighted by Crippen LogP contribution is 2.25. The predicted molar refractivity (Wildman–Crippen MR) is 84.7 cm³/mol. The summed E-state index contributed by atoms with van der Waals surface area (Å²) >= 11 is 3.48. The minimum atomic E-state index is 0.598. The average molecular weight is 302 g/mol. The summed E-state index contributed by atoms with van der Waals surface area (Å²) in [6.45, 7) is 2.12. The Labute approximate surface area is 125 Å². The number of hydrogen-bond acceptors (Lipinski definition) is 5. The zero-order chi connectivity index (χ0) is 13.8. The Kier molecular flexibility index (Phi) is 4.03. The van der Waals surface area contributed by atoms with Gasteiger partial charge < -0.3 is 5.32 Å². The summed E-state index contributed by atoms with van der Waals surface area (Å²) in [5.74, 6) is 1.51. The molecular formula is C14H14N4S2. The minimum absolute atomic E-state index is 0.598. The van der Waals surface area contributed by atoms with Crippen molar-refractivity contribution in [2.45, 2.75) is 17.8 Å². The molecule has 0 saturated carbocycles. The SMILES string of the molecule is Cc1ccc(CSc2nc(Nc3ccccc3)n[nH]2)s1. The number of para-hydroxylation sites is 1. The summed E-state index contributed by atoms with van der Waals surface area (Å²) < 4.78 is 0. The van der Waals surface area contributed by atoms with E-state index in [9.17, 15) is 0 Å². The average Bonchev–Trinajstić information content (AvgIpc) is 3.07. The summed E-state index contributed by atoms with van der Waals surface area (Å²) in [5, 5.41) is 11.1. The van der Waals surface area contributed by atoms with Crippen LogP contribution in [0.2, 0.25) is 0 Å². The maximum atomic E-state index is 4.42. The number of nitrogens with zero attached hydrogens (tertiary/aromatic N) is 2. The van der Waals surface area contributed by atoms with E-state index in [0.29, 0.717) is 5.95 Å². The highest BCUT2D eigenvalue weighted by molar-refractivity contribution is 7.98. The molecule has 102 valence electrons. The van der Waals surface area contributed by atoms with Gasteiger partial charge in [0, 0.05) is 21.2 Å². The molecule has 0 aliphatic heterocycles. The van der Waals surface area contributed by atoms with Crippen LogP contribution in [0.1, 0.15) is 9.75 Å². The third-order valence-electron chi connectivity index (χ3n) is 2.64. The Balaban J connectivity index is 1.59. The van der Waals surface area contributed by atoms with E-state index in [2.05, 4.69) is 39.6 Å². The van der Waals surface area contributed by atoms with Crippen LogP contribution in [0.25, 0.3) is 0 Å². The van der Waals surface area contributed by atoms with Crippen LogP contribution in [-0.4, -0.2) is 15.2 Å². The number of aryl methyl sites for hydroxylation is 1. The van der Waals surface area contributed by atoms with Crippen molar-refractivity contribution < 1.29 is 0 Å². The Morgan fingerprint density at radius 3 is 2.80 bits per heavy atom. The van der Waals surface area contributed by atoms with Gasteiger partial charge in [0.05, 0.1) is 0 Å². The highest BCUT2D eigenvalue weighted by atomic mass is 32.2. The molecule has 0 atom stereocenters. The molecule has 6 heteroatoms. The molecule has 4 nitrogen and oxygen atoms in total. The molecule has 0 bridgehead atoms. The van der Waals surface area contributed by atoms with Crippen LogP contribution in [-0.2, 0) is 5.75 Å². The van der Waals surface area contributed by atoms with Gasteiger partial charge in [0.2, 0.25) is 5.95 Å². The van der Waals surface area contributed by atoms with Gasteiger partial charge in [-0.25, -0.2) is 0 Å². The molecule has 0 saturated heterocycles. The normalized spacial score (nSPS) is 10.7. The van der Waals surface area contributed by atoms with Crippen molar-refractivity contribution in [3.8, 4) is 0 Å². The fourth-order valence-electron chi connectivity index (χ4n) is 1.72. The van der Waals surface area contributed by atoms with E-state index < -0.39 is 0 Å². The first-order chi connectivity index (χ1) is 9.79. The van der Waals surface area contributed by atoms with E-state index in [1.807, 2.05) is 41.7 Å². The monoisotopic (exact) mass is 302 g/mol. The van der Waals surface area contributed by atoms with E-state index in [1.54, 1.807) is 11.8 Å². The Hall–Kier alpha value is -1.79. The highest BCUT2D eigenvalue weighted by Gasteiger charge is 2.05. The Bertz CT molecular complexity index is 675. The third-order valence-corrected chi connectivity index (χ3v) is 4.74. The lowest BCUT2D eigenvalue weighted by molar-refractivity contribution is 0.973. The van der Waals surface area contributed by atoms with Gasteiger partial charge in [-0.05, 0) is 31.2 Å². The molecule has 0 aliphatic rings. The maximum Gasteiger partial charge on any atom is 0.247 e. The fraction of sp³-hybridized carbons (Fsp3) is 0.143. The van der Waals surface area contributed by atoms with Crippen LogP contribution < -0.4 is 5.32 Å². The molecule has 0 spiro atoms. The van der Waals surface area contributed by atoms with Gasteiger partial charge in [0.1, 0.15) is 0 Å². The van der Waals surface area contributed by atoms with E-state index in [-0.39, 0.29) is 0 Å². The van der Waals surface area contributed by atoms with Crippen LogP contribution in [0.4, 0.5) is 11.6 Å². The fourth-order valence-corrected chi connectivity index (χ4v) is 3.45. The van der Waals surface area contributed by atoms with Crippen LogP contribution >= 0.6 is 23.1 Å². The van der Waals surface area contributed by atoms with E-state index in [4.69, 9.17) is 0 Å². The van der Waals surface area contributed by atoms with Crippen molar-refractivity contribution in [3.63, 3.8) is 0 Å². The standard InChI is InChI=1S/C14H14N4S2/c1-10-7-8-12(20-10)9-19-14-16-13(17-18-14)15-11-5-3-2-4-6-11/h2-8H,9H2,1H3,(H2,15,16,17,18). The van der Waals surface area contributed by atoms with Gasteiger partial charge in [-0.15, -0.1) is 16.4 Å². The molecule has 1 aromatic carbocycles. The number of H-pyrrole nitrogens is 1. The molecule has 3 aromatic rings. The summed E-state index contributed by atoms with van der Waals surface area (Å²) in [5.41, 5.74) is 0.983. The van der Waals surface area contributed by atoms with E-state index >= 15 is 0 Å². The third kappa shape index (κ3) is 3.40. The molecule has 2 aromatic heterocycles. The van der Waals surface area contributed by atoms with Crippen LogP contribution in [0.3, 0.4) is 0 Å². The quantitative estimate of drug-likeness (QED) is 0.693. The number of thiophene rings is 1. The number of aromatic nitrogens is 3. The number of benzene rings is 1. The summed E-state index contributed by atoms with van der Waals surface area (Å²) in [4.78, 5) is 7.10. The molecule has 0 radical (unpaired) electrons.